The van der Waals surface area contributed by atoms with Crippen LogP contribution < -0.4 is 0 Å². The number of allylic oxidation sites excluding steroid dienone is 4. The molecule has 0 saturated carbocycles. The van der Waals surface area contributed by atoms with Gasteiger partial charge in [0.05, 0.1) is 0 Å². The Labute approximate surface area is 302 Å². The van der Waals surface area contributed by atoms with Gasteiger partial charge in [0.2, 0.25) is 0 Å². The molecule has 4 aromatic carbocycles. The summed E-state index contributed by atoms with van der Waals surface area (Å²) in [5.41, 5.74) is 11.2. The Kier molecular flexibility index (Phi) is 14.6. The molecule has 44 heavy (non-hydrogen) atoms. The van der Waals surface area contributed by atoms with E-state index in [9.17, 15) is 0 Å². The van der Waals surface area contributed by atoms with Crippen LogP contribution in [-0.4, -0.2) is 3.21 Å². The van der Waals surface area contributed by atoms with Crippen molar-refractivity contribution < 1.29 is 24.2 Å². The predicted octanol–water partition coefficient (Wildman–Crippen LogP) is 11.9. The molecule has 0 bridgehead atoms. The molecule has 0 radical (unpaired) electrons. The summed E-state index contributed by atoms with van der Waals surface area (Å²) in [5, 5.41) is 1.53. The molecule has 4 aromatic rings. The molecule has 0 unspecified atom stereocenters. The number of benzene rings is 4. The molecule has 0 saturated heterocycles. The zero-order valence-corrected chi connectivity index (χ0v) is 31.8. The van der Waals surface area contributed by atoms with Gasteiger partial charge in [-0.05, 0) is 17.4 Å². The third-order valence-electron chi connectivity index (χ3n) is 7.38. The Balaban J connectivity index is 0.000000260. The molecule has 0 fully saturated rings. The molecule has 0 atom stereocenters. The summed E-state index contributed by atoms with van der Waals surface area (Å²) in [6.07, 6.45) is 11.0. The first kappa shape index (κ1) is 38.5. The van der Waals surface area contributed by atoms with E-state index in [1.165, 1.54) is 71.9 Å². The Hall–Kier alpha value is -1.73. The number of rotatable bonds is 2. The number of halogens is 4. The van der Waals surface area contributed by atoms with Gasteiger partial charge in [-0.1, -0.05) is 76.3 Å². The van der Waals surface area contributed by atoms with E-state index in [2.05, 4.69) is 90.1 Å². The first-order valence-electron chi connectivity index (χ1n) is 14.3. The van der Waals surface area contributed by atoms with Crippen LogP contribution in [0.25, 0.3) is 11.1 Å². The van der Waals surface area contributed by atoms with Crippen molar-refractivity contribution >= 4 is 51.2 Å². The van der Waals surface area contributed by atoms with Crippen LogP contribution in [0, 0.1) is 12.1 Å². The van der Waals surface area contributed by atoms with Crippen LogP contribution >= 0.6 is 48.0 Å². The molecule has 2 aliphatic rings. The van der Waals surface area contributed by atoms with Crippen molar-refractivity contribution in [3.05, 3.63) is 153 Å². The molecule has 0 amide bonds. The quantitative estimate of drug-likeness (QED) is 0.158. The molecule has 0 aromatic heterocycles. The minimum atomic E-state index is 0. The van der Waals surface area contributed by atoms with Gasteiger partial charge in [0.1, 0.15) is 0 Å². The maximum Gasteiger partial charge on any atom is -0.109 e. The molecule has 6 rings (SSSR count). The SMILES string of the molecule is CC(C)(C)c1c[c-]c2c(c1)-c1cc(C(C)(C)C)ccc1C2.Cl.Cl.Clc1ccc([C](=[Zr+2])c2ccc(Cl)cc2)cc1.[C-]1=CC=CC1. The maximum atomic E-state index is 5.86. The molecule has 0 spiro atoms. The van der Waals surface area contributed by atoms with E-state index in [1.54, 1.807) is 0 Å². The summed E-state index contributed by atoms with van der Waals surface area (Å²) in [5.74, 6) is 0. The molecule has 0 heterocycles. The Morgan fingerprint density at radius 1 is 0.705 bits per heavy atom. The zero-order chi connectivity index (χ0) is 30.5. The predicted molar refractivity (Wildman–Crippen MR) is 193 cm³/mol. The fourth-order valence-corrected chi connectivity index (χ4v) is 5.80. The minimum Gasteiger partial charge on any atom is -0.273 e. The van der Waals surface area contributed by atoms with Crippen LogP contribution in [0.1, 0.15) is 81.3 Å². The molecule has 228 valence electrons. The Morgan fingerprint density at radius 3 is 1.66 bits per heavy atom. The van der Waals surface area contributed by atoms with Crippen molar-refractivity contribution in [3.8, 4) is 11.1 Å². The standard InChI is InChI=1S/C21H25.C13H8Cl2.C5H5.2ClH.Zr/c1-20(2,3)16-9-7-14-11-15-8-10-17(21(4,5)6)13-19(15)18(14)12-16;14-12-5-1-10(2-6-12)9-11-3-7-13(15)8-4-11;1-2-4-5-3-1;;;/h7,9-10,12-13H,11H2,1-6H3;1-8H;1-3H,4H2;2*1H;/q-1;;-1;;;+2. The summed E-state index contributed by atoms with van der Waals surface area (Å²) in [6, 6.07) is 30.9. The van der Waals surface area contributed by atoms with Gasteiger partial charge in [0.15, 0.2) is 0 Å². The second-order valence-electron chi connectivity index (χ2n) is 12.7. The molecule has 0 nitrogen and oxygen atoms in total. The first-order valence-corrected chi connectivity index (χ1v) is 16.3. The minimum absolute atomic E-state index is 0. The van der Waals surface area contributed by atoms with E-state index >= 15 is 0 Å². The van der Waals surface area contributed by atoms with E-state index in [1.807, 2.05) is 60.7 Å². The Bertz CT molecular complexity index is 1480. The van der Waals surface area contributed by atoms with Gasteiger partial charge in [-0.25, -0.2) is 12.2 Å². The molecular formula is C39H40Cl4Zr. The summed E-state index contributed by atoms with van der Waals surface area (Å²) in [4.78, 5) is 0. The van der Waals surface area contributed by atoms with Crippen molar-refractivity contribution in [1.29, 1.82) is 0 Å². The smallest absolute Gasteiger partial charge is 0.109 e. The summed E-state index contributed by atoms with van der Waals surface area (Å²) >= 11 is 13.1. The van der Waals surface area contributed by atoms with Gasteiger partial charge in [-0.15, -0.1) is 36.8 Å². The average molecular weight is 742 g/mol. The fraction of sp³-hybridized carbons (Fsp3) is 0.256. The molecule has 2 aliphatic carbocycles. The summed E-state index contributed by atoms with van der Waals surface area (Å²) in [7, 11) is 0. The van der Waals surface area contributed by atoms with Crippen LogP contribution in [-0.2, 0) is 41.5 Å². The van der Waals surface area contributed by atoms with Crippen LogP contribution in [0.2, 0.25) is 10.0 Å². The largest absolute Gasteiger partial charge is 0.273 e. The number of fused-ring (bicyclic) bond motifs is 3. The van der Waals surface area contributed by atoms with Crippen molar-refractivity contribution in [2.45, 2.75) is 65.2 Å². The Morgan fingerprint density at radius 2 is 1.23 bits per heavy atom. The fourth-order valence-electron chi connectivity index (χ4n) is 4.72. The van der Waals surface area contributed by atoms with E-state index in [0.717, 1.165) is 22.9 Å². The van der Waals surface area contributed by atoms with E-state index in [0.29, 0.717) is 0 Å². The van der Waals surface area contributed by atoms with Crippen LogP contribution in [0.3, 0.4) is 0 Å². The normalized spacial score (nSPS) is 12.4. The number of hydrogen-bond acceptors (Lipinski definition) is 0. The second kappa shape index (κ2) is 16.7. The van der Waals surface area contributed by atoms with Crippen LogP contribution in [0.5, 0.6) is 0 Å². The third kappa shape index (κ3) is 10.4. The molecule has 5 heteroatoms. The topological polar surface area (TPSA) is 0 Å². The van der Waals surface area contributed by atoms with Gasteiger partial charge in [0.25, 0.3) is 0 Å². The van der Waals surface area contributed by atoms with Gasteiger partial charge < -0.3 is 0 Å². The first-order chi connectivity index (χ1) is 19.8. The summed E-state index contributed by atoms with van der Waals surface area (Å²) < 4.78 is 1.31. The van der Waals surface area contributed by atoms with E-state index in [-0.39, 0.29) is 35.6 Å². The van der Waals surface area contributed by atoms with Gasteiger partial charge in [-0.3, -0.25) is 6.08 Å². The van der Waals surface area contributed by atoms with Crippen molar-refractivity contribution in [3.63, 3.8) is 0 Å². The second-order valence-corrected chi connectivity index (χ2v) is 14.8. The molecule has 0 aliphatic heterocycles. The number of hydrogen-bond donors (Lipinski definition) is 0. The van der Waals surface area contributed by atoms with Crippen molar-refractivity contribution in [1.82, 2.24) is 0 Å². The van der Waals surface area contributed by atoms with Crippen molar-refractivity contribution in [2.75, 3.05) is 0 Å². The maximum absolute atomic E-state index is 5.86. The van der Waals surface area contributed by atoms with Crippen molar-refractivity contribution in [2.24, 2.45) is 0 Å². The zero-order valence-electron chi connectivity index (χ0n) is 26.2. The van der Waals surface area contributed by atoms with E-state index in [4.69, 9.17) is 23.2 Å². The molecular weight excluding hydrogens is 701 g/mol. The van der Waals surface area contributed by atoms with Crippen LogP contribution in [0.4, 0.5) is 0 Å². The van der Waals surface area contributed by atoms with Gasteiger partial charge in [0, 0.05) is 0 Å². The van der Waals surface area contributed by atoms with Gasteiger partial charge in [-0.2, -0.15) is 35.4 Å². The van der Waals surface area contributed by atoms with E-state index < -0.39 is 0 Å². The average Bonchev–Trinajstić information content (AvgIpc) is 3.64. The van der Waals surface area contributed by atoms with Gasteiger partial charge >= 0.3 is 120 Å². The van der Waals surface area contributed by atoms with Crippen LogP contribution in [0.15, 0.2) is 97.1 Å². The summed E-state index contributed by atoms with van der Waals surface area (Å²) in [6.45, 7) is 13.6. The third-order valence-corrected chi connectivity index (χ3v) is 9.30. The molecule has 0 N–H and O–H groups in total. The monoisotopic (exact) mass is 738 g/mol.